The van der Waals surface area contributed by atoms with Gasteiger partial charge in [0.2, 0.25) is 0 Å². The summed E-state index contributed by atoms with van der Waals surface area (Å²) in [5.41, 5.74) is -0.742. The third-order valence-electron chi connectivity index (χ3n) is 3.07. The number of nitrogens with one attached hydrogen (secondary N) is 1. The number of hydrogen-bond acceptors (Lipinski definition) is 3. The lowest BCUT2D eigenvalue weighted by Crippen LogP contribution is -2.44. The molecular weight excluding hydrogens is 272 g/mol. The largest absolute Gasteiger partial charge is 0.480 e. The van der Waals surface area contributed by atoms with Crippen LogP contribution >= 0.6 is 0 Å². The van der Waals surface area contributed by atoms with Crippen molar-refractivity contribution < 1.29 is 28.2 Å². The molecule has 116 valence electrons. The van der Waals surface area contributed by atoms with Crippen molar-refractivity contribution in [3.8, 4) is 0 Å². The van der Waals surface area contributed by atoms with Gasteiger partial charge in [-0.05, 0) is 46.0 Å². The van der Waals surface area contributed by atoms with E-state index in [1.165, 1.54) is 0 Å². The maximum atomic E-state index is 13.1. The molecule has 0 spiro atoms. The second-order valence-electron chi connectivity index (χ2n) is 6.14. The number of carboxylic acid groups (broad SMARTS) is 1. The van der Waals surface area contributed by atoms with Gasteiger partial charge >= 0.3 is 12.1 Å². The van der Waals surface area contributed by atoms with Crippen molar-refractivity contribution in [2.75, 3.05) is 0 Å². The number of carbonyl (C=O) groups is 2. The molecule has 0 aliphatic heterocycles. The molecule has 5 nitrogen and oxygen atoms in total. The smallest absolute Gasteiger partial charge is 0.408 e. The van der Waals surface area contributed by atoms with Gasteiger partial charge in [-0.3, -0.25) is 0 Å². The quantitative estimate of drug-likeness (QED) is 0.834. The molecular formula is C13H21F2NO4. The van der Waals surface area contributed by atoms with Crippen LogP contribution in [0.1, 0.15) is 40.0 Å². The highest BCUT2D eigenvalue weighted by Gasteiger charge is 2.37. The van der Waals surface area contributed by atoms with Crippen LogP contribution in [0.3, 0.4) is 0 Å². The zero-order valence-electron chi connectivity index (χ0n) is 11.9. The Bertz CT molecular complexity index is 360. The van der Waals surface area contributed by atoms with E-state index in [0.29, 0.717) is 0 Å². The number of amides is 1. The van der Waals surface area contributed by atoms with Crippen molar-refractivity contribution in [2.45, 2.75) is 64.0 Å². The molecule has 4 atom stereocenters. The van der Waals surface area contributed by atoms with Gasteiger partial charge < -0.3 is 15.2 Å². The SMILES string of the molecule is CC(C)(C)OC(=O)NC(CC1C[C@@H](F)[C@@H](F)C1)C(=O)O. The Morgan fingerprint density at radius 3 is 2.20 bits per heavy atom. The highest BCUT2D eigenvalue weighted by atomic mass is 19.2. The maximum absolute atomic E-state index is 13.1. The topological polar surface area (TPSA) is 75.6 Å². The molecule has 2 unspecified atom stereocenters. The lowest BCUT2D eigenvalue weighted by Gasteiger charge is -2.23. The molecule has 0 bridgehead atoms. The van der Waals surface area contributed by atoms with E-state index in [1.807, 2.05) is 0 Å². The minimum atomic E-state index is -1.55. The van der Waals surface area contributed by atoms with Crippen LogP contribution in [0, 0.1) is 5.92 Å². The number of alkyl carbamates (subject to hydrolysis) is 1. The standard InChI is InChI=1S/C13H21F2NO4/c1-13(2,3)20-12(19)16-10(11(17)18)6-7-4-8(14)9(15)5-7/h7-10H,4-6H2,1-3H3,(H,16,19)(H,17,18)/t7?,8-,9+,10?. The Morgan fingerprint density at radius 1 is 1.30 bits per heavy atom. The van der Waals surface area contributed by atoms with Gasteiger partial charge in [0.05, 0.1) is 0 Å². The second kappa shape index (κ2) is 6.37. The number of hydrogen-bond donors (Lipinski definition) is 2. The maximum Gasteiger partial charge on any atom is 0.408 e. The summed E-state index contributed by atoms with van der Waals surface area (Å²) in [6.45, 7) is 4.96. The molecule has 0 radical (unpaired) electrons. The number of alkyl halides is 2. The molecule has 0 aromatic carbocycles. The Hall–Kier alpha value is -1.40. The predicted octanol–water partition coefficient (Wildman–Crippen LogP) is 2.44. The number of ether oxygens (including phenoxy) is 1. The molecule has 20 heavy (non-hydrogen) atoms. The fourth-order valence-corrected chi connectivity index (χ4v) is 2.23. The minimum absolute atomic E-state index is 0.00455. The molecule has 2 N–H and O–H groups in total. The molecule has 0 aromatic rings. The molecule has 0 heterocycles. The van der Waals surface area contributed by atoms with Crippen LogP contribution in [-0.4, -0.2) is 41.2 Å². The Kier molecular flexibility index (Phi) is 5.30. The van der Waals surface area contributed by atoms with E-state index in [0.717, 1.165) is 0 Å². The average molecular weight is 293 g/mol. The summed E-state index contributed by atoms with van der Waals surface area (Å²) >= 11 is 0. The lowest BCUT2D eigenvalue weighted by molar-refractivity contribution is -0.140. The molecule has 1 rings (SSSR count). The van der Waals surface area contributed by atoms with Crippen molar-refractivity contribution in [3.05, 3.63) is 0 Å². The molecule has 1 amide bonds. The first-order chi connectivity index (χ1) is 9.08. The summed E-state index contributed by atoms with van der Waals surface area (Å²) in [4.78, 5) is 22.6. The third-order valence-corrected chi connectivity index (χ3v) is 3.07. The zero-order valence-corrected chi connectivity index (χ0v) is 11.9. The summed E-state index contributed by atoms with van der Waals surface area (Å²) < 4.78 is 31.1. The van der Waals surface area contributed by atoms with Gasteiger partial charge in [-0.2, -0.15) is 0 Å². The summed E-state index contributed by atoms with van der Waals surface area (Å²) in [5.74, 6) is -1.63. The van der Waals surface area contributed by atoms with Gasteiger partial charge in [0.1, 0.15) is 24.0 Å². The summed E-state index contributed by atoms with van der Waals surface area (Å²) in [5, 5.41) is 11.3. The van der Waals surface area contributed by atoms with Gasteiger partial charge in [-0.15, -0.1) is 0 Å². The van der Waals surface area contributed by atoms with Gasteiger partial charge in [0, 0.05) is 0 Å². The molecule has 0 aromatic heterocycles. The first kappa shape index (κ1) is 16.7. The fourth-order valence-electron chi connectivity index (χ4n) is 2.23. The van der Waals surface area contributed by atoms with Gasteiger partial charge in [0.15, 0.2) is 0 Å². The summed E-state index contributed by atoms with van der Waals surface area (Å²) in [6, 6.07) is -1.20. The number of carbonyl (C=O) groups excluding carboxylic acids is 1. The van der Waals surface area contributed by atoms with E-state index in [4.69, 9.17) is 9.84 Å². The third kappa shape index (κ3) is 5.30. The van der Waals surface area contributed by atoms with E-state index in [1.54, 1.807) is 20.8 Å². The molecule has 0 saturated heterocycles. The van der Waals surface area contributed by atoms with Crippen LogP contribution in [0.15, 0.2) is 0 Å². The number of rotatable bonds is 4. The van der Waals surface area contributed by atoms with Gasteiger partial charge in [-0.1, -0.05) is 0 Å². The van der Waals surface area contributed by atoms with Crippen LogP contribution in [0.5, 0.6) is 0 Å². The highest BCUT2D eigenvalue weighted by molar-refractivity contribution is 5.80. The van der Waals surface area contributed by atoms with Crippen molar-refractivity contribution >= 4 is 12.1 Å². The van der Waals surface area contributed by atoms with Crippen molar-refractivity contribution in [1.82, 2.24) is 5.32 Å². The van der Waals surface area contributed by atoms with E-state index in [9.17, 15) is 18.4 Å². The lowest BCUT2D eigenvalue weighted by atomic mass is 9.98. The highest BCUT2D eigenvalue weighted by Crippen LogP contribution is 2.33. The van der Waals surface area contributed by atoms with Gasteiger partial charge in [0.25, 0.3) is 0 Å². The Balaban J connectivity index is 2.53. The number of carboxylic acids is 1. The van der Waals surface area contributed by atoms with E-state index < -0.39 is 42.0 Å². The first-order valence-electron chi connectivity index (χ1n) is 6.59. The van der Waals surface area contributed by atoms with Crippen LogP contribution < -0.4 is 5.32 Å². The first-order valence-corrected chi connectivity index (χ1v) is 6.59. The summed E-state index contributed by atoms with van der Waals surface area (Å²) in [7, 11) is 0. The van der Waals surface area contributed by atoms with Gasteiger partial charge in [-0.25, -0.2) is 18.4 Å². The number of aliphatic carboxylic acids is 1. The van der Waals surface area contributed by atoms with Crippen LogP contribution in [0.25, 0.3) is 0 Å². The Labute approximate surface area is 116 Å². The fraction of sp³-hybridized carbons (Fsp3) is 0.846. The zero-order chi connectivity index (χ0) is 15.5. The Morgan fingerprint density at radius 2 is 1.80 bits per heavy atom. The molecule has 1 fully saturated rings. The predicted molar refractivity (Wildman–Crippen MR) is 67.9 cm³/mol. The van der Waals surface area contributed by atoms with Crippen LogP contribution in [0.4, 0.5) is 13.6 Å². The van der Waals surface area contributed by atoms with E-state index in [-0.39, 0.29) is 19.3 Å². The monoisotopic (exact) mass is 293 g/mol. The summed E-state index contributed by atoms with van der Waals surface area (Å²) in [6.07, 6.45) is -3.97. The van der Waals surface area contributed by atoms with Crippen molar-refractivity contribution in [1.29, 1.82) is 0 Å². The molecule has 1 aliphatic rings. The molecule has 7 heteroatoms. The van der Waals surface area contributed by atoms with E-state index in [2.05, 4.69) is 5.32 Å². The van der Waals surface area contributed by atoms with Crippen LogP contribution in [0.2, 0.25) is 0 Å². The van der Waals surface area contributed by atoms with Crippen LogP contribution in [-0.2, 0) is 9.53 Å². The minimum Gasteiger partial charge on any atom is -0.480 e. The van der Waals surface area contributed by atoms with Crippen molar-refractivity contribution in [2.24, 2.45) is 5.92 Å². The normalized spacial score (nSPS) is 27.9. The van der Waals surface area contributed by atoms with E-state index >= 15 is 0 Å². The molecule has 1 saturated carbocycles. The number of halogens is 2. The van der Waals surface area contributed by atoms with Crippen molar-refractivity contribution in [3.63, 3.8) is 0 Å². The average Bonchev–Trinajstić information content (AvgIpc) is 2.54. The molecule has 1 aliphatic carbocycles. The second-order valence-corrected chi connectivity index (χ2v) is 6.14.